The Kier molecular flexibility index (Phi) is 4.08. The molecule has 0 saturated heterocycles. The SMILES string of the molecule is NC[C@@H](c1cccc(Cl)c1)C1(CO)CCCC1. The van der Waals surface area contributed by atoms with Gasteiger partial charge >= 0.3 is 0 Å². The minimum Gasteiger partial charge on any atom is -0.396 e. The topological polar surface area (TPSA) is 46.2 Å². The van der Waals surface area contributed by atoms with Crippen LogP contribution in [0.4, 0.5) is 0 Å². The number of aliphatic hydroxyl groups excluding tert-OH is 1. The predicted octanol–water partition coefficient (Wildman–Crippen LogP) is 2.94. The van der Waals surface area contributed by atoms with Crippen LogP contribution in [0.1, 0.15) is 37.2 Å². The number of nitrogens with two attached hydrogens (primary N) is 1. The Morgan fingerprint density at radius 2 is 2.06 bits per heavy atom. The fourth-order valence-corrected chi connectivity index (χ4v) is 3.36. The molecule has 2 nitrogen and oxygen atoms in total. The highest BCUT2D eigenvalue weighted by Crippen LogP contribution is 2.48. The van der Waals surface area contributed by atoms with Gasteiger partial charge in [0, 0.05) is 23.0 Å². The normalized spacial score (nSPS) is 20.4. The van der Waals surface area contributed by atoms with Crippen LogP contribution < -0.4 is 5.73 Å². The minimum absolute atomic E-state index is 0.0283. The summed E-state index contributed by atoms with van der Waals surface area (Å²) >= 11 is 6.04. The van der Waals surface area contributed by atoms with E-state index in [0.29, 0.717) is 6.54 Å². The van der Waals surface area contributed by atoms with Crippen molar-refractivity contribution >= 4 is 11.6 Å². The van der Waals surface area contributed by atoms with Crippen LogP contribution in [0, 0.1) is 5.41 Å². The zero-order chi connectivity index (χ0) is 12.3. The van der Waals surface area contributed by atoms with Gasteiger partial charge in [0.25, 0.3) is 0 Å². The van der Waals surface area contributed by atoms with Gasteiger partial charge in [-0.1, -0.05) is 36.6 Å². The number of hydrogen-bond acceptors (Lipinski definition) is 2. The summed E-state index contributed by atoms with van der Waals surface area (Å²) in [5.41, 5.74) is 7.08. The molecular formula is C14H20ClNO. The second-order valence-corrected chi connectivity index (χ2v) is 5.51. The Morgan fingerprint density at radius 3 is 2.59 bits per heavy atom. The Labute approximate surface area is 108 Å². The van der Waals surface area contributed by atoms with E-state index in [0.717, 1.165) is 23.4 Å². The van der Waals surface area contributed by atoms with Crippen molar-refractivity contribution in [1.82, 2.24) is 0 Å². The summed E-state index contributed by atoms with van der Waals surface area (Å²) in [5.74, 6) is 0.216. The first kappa shape index (κ1) is 12.9. The maximum Gasteiger partial charge on any atom is 0.0493 e. The van der Waals surface area contributed by atoms with E-state index in [4.69, 9.17) is 17.3 Å². The smallest absolute Gasteiger partial charge is 0.0493 e. The third kappa shape index (κ3) is 2.49. The van der Waals surface area contributed by atoms with Gasteiger partial charge < -0.3 is 10.8 Å². The summed E-state index contributed by atoms with van der Waals surface area (Å²) in [6, 6.07) is 7.88. The van der Waals surface area contributed by atoms with Crippen LogP contribution >= 0.6 is 11.6 Å². The van der Waals surface area contributed by atoms with Gasteiger partial charge in [-0.2, -0.15) is 0 Å². The second kappa shape index (κ2) is 5.38. The van der Waals surface area contributed by atoms with Crippen LogP contribution in [0.25, 0.3) is 0 Å². The van der Waals surface area contributed by atoms with Crippen LogP contribution in [0.2, 0.25) is 5.02 Å². The highest BCUT2D eigenvalue weighted by Gasteiger charge is 2.40. The number of benzene rings is 1. The van der Waals surface area contributed by atoms with Gasteiger partial charge in [-0.25, -0.2) is 0 Å². The lowest BCUT2D eigenvalue weighted by molar-refractivity contribution is 0.103. The Hall–Kier alpha value is -0.570. The fourth-order valence-electron chi connectivity index (χ4n) is 3.16. The number of rotatable bonds is 4. The lowest BCUT2D eigenvalue weighted by Crippen LogP contribution is -2.34. The first-order valence-electron chi connectivity index (χ1n) is 6.28. The quantitative estimate of drug-likeness (QED) is 0.867. The lowest BCUT2D eigenvalue weighted by atomic mass is 9.71. The molecule has 0 spiro atoms. The predicted molar refractivity (Wildman–Crippen MR) is 71.2 cm³/mol. The molecule has 1 fully saturated rings. The Balaban J connectivity index is 2.32. The summed E-state index contributed by atoms with van der Waals surface area (Å²) in [4.78, 5) is 0. The van der Waals surface area contributed by atoms with Crippen molar-refractivity contribution in [3.8, 4) is 0 Å². The van der Waals surface area contributed by atoms with E-state index < -0.39 is 0 Å². The Bertz CT molecular complexity index is 374. The number of hydrogen-bond donors (Lipinski definition) is 2. The van der Waals surface area contributed by atoms with Crippen molar-refractivity contribution < 1.29 is 5.11 Å². The third-order valence-corrected chi connectivity index (χ3v) is 4.38. The zero-order valence-electron chi connectivity index (χ0n) is 10.0. The fraction of sp³-hybridized carbons (Fsp3) is 0.571. The molecule has 3 N–H and O–H groups in total. The molecule has 17 heavy (non-hydrogen) atoms. The highest BCUT2D eigenvalue weighted by molar-refractivity contribution is 6.30. The van der Waals surface area contributed by atoms with Crippen molar-refractivity contribution in [1.29, 1.82) is 0 Å². The van der Waals surface area contributed by atoms with E-state index in [2.05, 4.69) is 6.07 Å². The Morgan fingerprint density at radius 1 is 1.35 bits per heavy atom. The molecule has 1 atom stereocenters. The summed E-state index contributed by atoms with van der Waals surface area (Å²) < 4.78 is 0. The summed E-state index contributed by atoms with van der Waals surface area (Å²) in [6.45, 7) is 0.794. The monoisotopic (exact) mass is 253 g/mol. The van der Waals surface area contributed by atoms with E-state index in [9.17, 15) is 5.11 Å². The van der Waals surface area contributed by atoms with Gasteiger partial charge in [-0.3, -0.25) is 0 Å². The molecule has 0 radical (unpaired) electrons. The minimum atomic E-state index is -0.0283. The highest BCUT2D eigenvalue weighted by atomic mass is 35.5. The van der Waals surface area contributed by atoms with Crippen molar-refractivity contribution in [2.45, 2.75) is 31.6 Å². The standard InChI is InChI=1S/C14H20ClNO/c15-12-5-3-4-11(8-12)13(9-16)14(10-17)6-1-2-7-14/h3-5,8,13,17H,1-2,6-7,9-10,16H2/t13-/m0/s1. The van der Waals surface area contributed by atoms with E-state index in [-0.39, 0.29) is 17.9 Å². The number of halogens is 1. The molecule has 0 bridgehead atoms. The van der Waals surface area contributed by atoms with E-state index >= 15 is 0 Å². The largest absolute Gasteiger partial charge is 0.396 e. The van der Waals surface area contributed by atoms with Gasteiger partial charge in [0.2, 0.25) is 0 Å². The van der Waals surface area contributed by atoms with Crippen molar-refractivity contribution in [2.75, 3.05) is 13.2 Å². The molecular weight excluding hydrogens is 234 g/mol. The zero-order valence-corrected chi connectivity index (χ0v) is 10.8. The average molecular weight is 254 g/mol. The molecule has 1 aliphatic carbocycles. The van der Waals surface area contributed by atoms with Gasteiger partial charge in [-0.15, -0.1) is 0 Å². The van der Waals surface area contributed by atoms with Gasteiger partial charge in [0.05, 0.1) is 0 Å². The van der Waals surface area contributed by atoms with Crippen LogP contribution in [0.5, 0.6) is 0 Å². The summed E-state index contributed by atoms with van der Waals surface area (Å²) in [5, 5.41) is 10.5. The molecule has 0 amide bonds. The molecule has 94 valence electrons. The molecule has 1 aliphatic rings. The number of aliphatic hydroxyl groups is 1. The summed E-state index contributed by atoms with van der Waals surface area (Å²) in [7, 11) is 0. The maximum atomic E-state index is 9.76. The van der Waals surface area contributed by atoms with E-state index in [1.165, 1.54) is 12.8 Å². The van der Waals surface area contributed by atoms with Gasteiger partial charge in [0.1, 0.15) is 0 Å². The summed E-state index contributed by atoms with van der Waals surface area (Å²) in [6.07, 6.45) is 4.52. The van der Waals surface area contributed by atoms with Gasteiger partial charge in [-0.05, 0) is 37.1 Å². The molecule has 3 heteroatoms. The second-order valence-electron chi connectivity index (χ2n) is 5.07. The van der Waals surface area contributed by atoms with Crippen LogP contribution in [-0.4, -0.2) is 18.3 Å². The van der Waals surface area contributed by atoms with Crippen molar-refractivity contribution in [2.24, 2.45) is 11.1 Å². The molecule has 0 aromatic heterocycles. The molecule has 1 aromatic carbocycles. The molecule has 0 aliphatic heterocycles. The first-order valence-corrected chi connectivity index (χ1v) is 6.66. The van der Waals surface area contributed by atoms with E-state index in [1.807, 2.05) is 18.2 Å². The van der Waals surface area contributed by atoms with E-state index in [1.54, 1.807) is 0 Å². The maximum absolute atomic E-state index is 9.76. The molecule has 2 rings (SSSR count). The molecule has 1 aromatic rings. The molecule has 1 saturated carbocycles. The van der Waals surface area contributed by atoms with Crippen LogP contribution in [-0.2, 0) is 0 Å². The first-order chi connectivity index (χ1) is 8.22. The van der Waals surface area contributed by atoms with Crippen molar-refractivity contribution in [3.63, 3.8) is 0 Å². The van der Waals surface area contributed by atoms with Gasteiger partial charge in [0.15, 0.2) is 0 Å². The molecule has 0 heterocycles. The van der Waals surface area contributed by atoms with Crippen molar-refractivity contribution in [3.05, 3.63) is 34.9 Å². The van der Waals surface area contributed by atoms with Crippen LogP contribution in [0.15, 0.2) is 24.3 Å². The third-order valence-electron chi connectivity index (χ3n) is 4.14. The van der Waals surface area contributed by atoms with Crippen LogP contribution in [0.3, 0.4) is 0 Å². The average Bonchev–Trinajstić information content (AvgIpc) is 2.80. The molecule has 0 unspecified atom stereocenters. The lowest BCUT2D eigenvalue weighted by Gasteiger charge is -2.35.